The van der Waals surface area contributed by atoms with Crippen LogP contribution in [0.25, 0.3) is 10.9 Å². The number of aryl methyl sites for hydroxylation is 1. The lowest BCUT2D eigenvalue weighted by molar-refractivity contribution is -0.00575. The predicted molar refractivity (Wildman–Crippen MR) is 165 cm³/mol. The van der Waals surface area contributed by atoms with Gasteiger partial charge in [0, 0.05) is 58.0 Å². The number of aromatic carboxylic acids is 1. The van der Waals surface area contributed by atoms with Gasteiger partial charge in [-0.3, -0.25) is 14.6 Å². The molecule has 3 aromatic rings. The van der Waals surface area contributed by atoms with Crippen LogP contribution in [0.4, 0.5) is 25.0 Å². The third kappa shape index (κ3) is 6.23. The summed E-state index contributed by atoms with van der Waals surface area (Å²) in [5.41, 5.74) is 1.90. The molecule has 5 rings (SSSR count). The maximum absolute atomic E-state index is 15.2. The number of thiocarbonyl (C=S) groups is 1. The molecule has 2 atom stereocenters. The third-order valence-corrected chi connectivity index (χ3v) is 8.27. The van der Waals surface area contributed by atoms with Gasteiger partial charge in [0.25, 0.3) is 0 Å². The molecule has 1 aromatic heterocycles. The van der Waals surface area contributed by atoms with E-state index >= 15 is 8.78 Å². The zero-order valence-electron chi connectivity index (χ0n) is 24.3. The van der Waals surface area contributed by atoms with Crippen LogP contribution in [0.2, 0.25) is 0 Å². The summed E-state index contributed by atoms with van der Waals surface area (Å²) in [6.45, 7) is 5.27. The molecular formula is C30H33F2N5O6S. The number of fused-ring (bicyclic) bond motifs is 1. The van der Waals surface area contributed by atoms with E-state index in [0.717, 1.165) is 6.07 Å². The van der Waals surface area contributed by atoms with Crippen LogP contribution in [-0.4, -0.2) is 90.8 Å². The van der Waals surface area contributed by atoms with E-state index in [1.807, 2.05) is 11.8 Å². The fraction of sp³-hybridized carbons (Fsp3) is 0.400. The summed E-state index contributed by atoms with van der Waals surface area (Å²) >= 11 is 4.79. The fourth-order valence-electron chi connectivity index (χ4n) is 5.70. The van der Waals surface area contributed by atoms with Gasteiger partial charge in [-0.15, -0.1) is 0 Å². The molecule has 2 fully saturated rings. The lowest BCUT2D eigenvalue weighted by Gasteiger charge is -2.36. The Hall–Kier alpha value is -4.14. The van der Waals surface area contributed by atoms with E-state index in [2.05, 4.69) is 10.2 Å². The van der Waals surface area contributed by atoms with Gasteiger partial charge in [-0.05, 0) is 43.2 Å². The first-order valence-electron chi connectivity index (χ1n) is 14.2. The largest absolute Gasteiger partial charge is 0.477 e. The number of hydrogen-bond acceptors (Lipinski definition) is 8. The quantitative estimate of drug-likeness (QED) is 0.242. The second-order valence-electron chi connectivity index (χ2n) is 10.6. The van der Waals surface area contributed by atoms with E-state index in [-0.39, 0.29) is 11.9 Å². The van der Waals surface area contributed by atoms with E-state index in [9.17, 15) is 19.5 Å². The van der Waals surface area contributed by atoms with Crippen molar-refractivity contribution in [3.8, 4) is 0 Å². The number of carbonyl (C=O) groups excluding carboxylic acids is 1. The Morgan fingerprint density at radius 3 is 2.57 bits per heavy atom. The molecule has 44 heavy (non-hydrogen) atoms. The van der Waals surface area contributed by atoms with Gasteiger partial charge in [0.05, 0.1) is 28.9 Å². The first-order valence-corrected chi connectivity index (χ1v) is 14.7. The van der Waals surface area contributed by atoms with Crippen molar-refractivity contribution in [2.24, 2.45) is 0 Å². The van der Waals surface area contributed by atoms with Crippen molar-refractivity contribution in [2.45, 2.75) is 32.2 Å². The van der Waals surface area contributed by atoms with Gasteiger partial charge in [-0.25, -0.2) is 18.4 Å². The van der Waals surface area contributed by atoms with E-state index < -0.39 is 47.0 Å². The van der Waals surface area contributed by atoms with Crippen LogP contribution in [0.5, 0.6) is 0 Å². The second-order valence-corrected chi connectivity index (χ2v) is 10.8. The minimum absolute atomic E-state index is 0.0309. The number of methoxy groups -OCH3 is 1. The Morgan fingerprint density at radius 1 is 1.18 bits per heavy atom. The van der Waals surface area contributed by atoms with Crippen LogP contribution in [0.1, 0.15) is 22.8 Å². The number of pyridine rings is 1. The molecule has 1 unspecified atom stereocenters. The van der Waals surface area contributed by atoms with E-state index in [1.165, 1.54) is 29.8 Å². The summed E-state index contributed by atoms with van der Waals surface area (Å²) < 4.78 is 42.6. The van der Waals surface area contributed by atoms with Crippen LogP contribution in [-0.2, 0) is 22.4 Å². The summed E-state index contributed by atoms with van der Waals surface area (Å²) in [6, 6.07) is 7.40. The molecule has 14 heteroatoms. The minimum atomic E-state index is -1.35. The smallest absolute Gasteiger partial charge is 0.414 e. The summed E-state index contributed by atoms with van der Waals surface area (Å²) in [5.74, 6) is -2.36. The molecule has 0 bridgehead atoms. The maximum atomic E-state index is 15.2. The molecule has 0 aliphatic carbocycles. The van der Waals surface area contributed by atoms with Gasteiger partial charge in [0.1, 0.15) is 17.2 Å². The van der Waals surface area contributed by atoms with Gasteiger partial charge < -0.3 is 29.4 Å². The van der Waals surface area contributed by atoms with Crippen molar-refractivity contribution < 1.29 is 33.0 Å². The Labute approximate surface area is 257 Å². The van der Waals surface area contributed by atoms with Crippen molar-refractivity contribution in [1.29, 1.82) is 0 Å². The van der Waals surface area contributed by atoms with Gasteiger partial charge in [-0.1, -0.05) is 18.3 Å². The van der Waals surface area contributed by atoms with Gasteiger partial charge in [0.2, 0.25) is 5.43 Å². The van der Waals surface area contributed by atoms with Crippen LogP contribution in [0.15, 0.2) is 41.3 Å². The molecule has 234 valence electrons. The Balaban J connectivity index is 1.21. The van der Waals surface area contributed by atoms with Crippen molar-refractivity contribution >= 4 is 52.0 Å². The summed E-state index contributed by atoms with van der Waals surface area (Å²) in [6.07, 6.45) is -0.0864. The number of hydrogen-bond donors (Lipinski definition) is 2. The fourth-order valence-corrected chi connectivity index (χ4v) is 5.84. The minimum Gasteiger partial charge on any atom is -0.477 e. The number of nitrogens with zero attached hydrogens (tertiary/aromatic N) is 4. The lowest BCUT2D eigenvalue weighted by Crippen LogP contribution is -2.47. The molecule has 11 nitrogen and oxygen atoms in total. The Bertz CT molecular complexity index is 1640. The molecule has 0 saturated carbocycles. The Kier molecular flexibility index (Phi) is 9.42. The van der Waals surface area contributed by atoms with Crippen molar-refractivity contribution in [2.75, 3.05) is 56.2 Å². The van der Waals surface area contributed by atoms with Gasteiger partial charge >= 0.3 is 12.1 Å². The standard InChI is InChI=1S/C30H33F2N5O6S/c1-3-35-15-21(29(39)40)27(38)20-13-23(32)25(14-24(20)35)36-10-8-34(9-11-36)7-6-18-4-5-19(12-22(18)31)37-16-26(43-30(37)41)28(42-2)33-17-44/h4-5,12-15,17,26,28H,3,6-11,16H2,1-2H3,(H,33,44)(H,39,40)/t26-,28?/m0/s1. The number of piperazine rings is 1. The van der Waals surface area contributed by atoms with Gasteiger partial charge in [-0.2, -0.15) is 0 Å². The number of rotatable bonds is 11. The number of nitrogens with one attached hydrogen (secondary N) is 1. The second kappa shape index (κ2) is 13.2. The molecule has 2 saturated heterocycles. The van der Waals surface area contributed by atoms with Gasteiger partial charge in [0.15, 0.2) is 12.3 Å². The summed E-state index contributed by atoms with van der Waals surface area (Å²) in [5, 5.41) is 12.2. The number of carbonyl (C=O) groups is 2. The molecule has 0 radical (unpaired) electrons. The first kappa shape index (κ1) is 31.3. The predicted octanol–water partition coefficient (Wildman–Crippen LogP) is 3.21. The monoisotopic (exact) mass is 629 g/mol. The molecule has 2 N–H and O–H groups in total. The highest BCUT2D eigenvalue weighted by molar-refractivity contribution is 7.78. The summed E-state index contributed by atoms with van der Waals surface area (Å²) in [7, 11) is 1.47. The van der Waals surface area contributed by atoms with Crippen LogP contribution < -0.4 is 20.5 Å². The van der Waals surface area contributed by atoms with Crippen LogP contribution >= 0.6 is 12.2 Å². The molecule has 2 aliphatic heterocycles. The first-order chi connectivity index (χ1) is 21.1. The number of carboxylic acid groups (broad SMARTS) is 1. The van der Waals surface area contributed by atoms with E-state index in [4.69, 9.17) is 21.7 Å². The molecular weight excluding hydrogens is 596 g/mol. The van der Waals surface area contributed by atoms with E-state index in [0.29, 0.717) is 68.1 Å². The number of cyclic esters (lactones) is 1. The summed E-state index contributed by atoms with van der Waals surface area (Å²) in [4.78, 5) is 42.0. The third-order valence-electron chi connectivity index (χ3n) is 8.14. The van der Waals surface area contributed by atoms with Crippen LogP contribution in [0, 0.1) is 11.6 Å². The van der Waals surface area contributed by atoms with Crippen molar-refractivity contribution in [1.82, 2.24) is 14.8 Å². The molecule has 2 aromatic carbocycles. The number of anilines is 2. The average Bonchev–Trinajstić information content (AvgIpc) is 3.40. The maximum Gasteiger partial charge on any atom is 0.414 e. The molecule has 2 aliphatic rings. The number of benzene rings is 2. The average molecular weight is 630 g/mol. The SMILES string of the molecule is CCn1cc(C(=O)O)c(=O)c2cc(F)c(N3CCN(CCc4ccc(N5C[C@@H](C(NC=S)OC)OC5=O)cc4F)CC3)cc21. The Morgan fingerprint density at radius 2 is 1.93 bits per heavy atom. The zero-order chi connectivity index (χ0) is 31.5. The van der Waals surface area contributed by atoms with Crippen LogP contribution in [0.3, 0.4) is 0 Å². The normalized spacial score (nSPS) is 18.0. The topological polar surface area (TPSA) is 117 Å². The molecule has 3 heterocycles. The highest BCUT2D eigenvalue weighted by atomic mass is 32.1. The highest BCUT2D eigenvalue weighted by Gasteiger charge is 2.37. The highest BCUT2D eigenvalue weighted by Crippen LogP contribution is 2.28. The van der Waals surface area contributed by atoms with Crippen molar-refractivity contribution in [3.63, 3.8) is 0 Å². The number of halogens is 2. The lowest BCUT2D eigenvalue weighted by atomic mass is 10.1. The number of ether oxygens (including phenoxy) is 2. The molecule has 0 spiro atoms. The number of carboxylic acids is 1. The zero-order valence-corrected chi connectivity index (χ0v) is 25.1. The number of aromatic nitrogens is 1. The molecule has 1 amide bonds. The van der Waals surface area contributed by atoms with E-state index in [1.54, 1.807) is 22.8 Å². The van der Waals surface area contributed by atoms with Crippen molar-refractivity contribution in [3.05, 3.63) is 69.5 Å². The number of amides is 1.